The van der Waals surface area contributed by atoms with E-state index in [1.807, 2.05) is 19.9 Å². The van der Waals surface area contributed by atoms with Crippen LogP contribution in [0.25, 0.3) is 0 Å². The molecule has 0 bridgehead atoms. The number of urea groups is 1. The van der Waals surface area contributed by atoms with Crippen molar-refractivity contribution in [1.82, 2.24) is 20.1 Å². The molecule has 5 aromatic carbocycles. The molecule has 356 valence electrons. The van der Waals surface area contributed by atoms with Crippen LogP contribution in [0.5, 0.6) is 0 Å². The zero-order valence-corrected chi connectivity index (χ0v) is 38.9. The number of hydrogen-bond donors (Lipinski definition) is 7. The Labute approximate surface area is 391 Å². The van der Waals surface area contributed by atoms with Crippen molar-refractivity contribution < 1.29 is 40.0 Å². The third-order valence-electron chi connectivity index (χ3n) is 11.9. The molecule has 18 heteroatoms. The number of carbonyl (C=O) groups excluding carboxylic acids is 3. The first-order valence-electron chi connectivity index (χ1n) is 22.2. The molecule has 67 heavy (non-hydrogen) atoms. The Morgan fingerprint density at radius 1 is 0.507 bits per heavy atom. The van der Waals surface area contributed by atoms with E-state index in [4.69, 9.17) is 5.73 Å². The number of amides is 4. The molecule has 5 aromatic rings. The highest BCUT2D eigenvalue weighted by molar-refractivity contribution is 7.89. The molecule has 0 unspecified atom stereocenters. The Bertz CT molecular complexity index is 2650. The predicted molar refractivity (Wildman–Crippen MR) is 254 cm³/mol. The molecule has 2 aliphatic carbocycles. The molecule has 0 aliphatic heterocycles. The van der Waals surface area contributed by atoms with Gasteiger partial charge in [0, 0.05) is 41.0 Å². The number of hydrogen-bond acceptors (Lipinski definition) is 8. The first-order chi connectivity index (χ1) is 31.9. The van der Waals surface area contributed by atoms with Crippen LogP contribution in [0.15, 0.2) is 137 Å². The number of para-hydroxylation sites is 1. The maximum atomic E-state index is 13.1. The van der Waals surface area contributed by atoms with Crippen LogP contribution in [-0.4, -0.2) is 46.8 Å². The van der Waals surface area contributed by atoms with Crippen LogP contribution in [0.4, 0.5) is 30.6 Å². The van der Waals surface area contributed by atoms with Crippen LogP contribution in [0.1, 0.15) is 88.4 Å². The zero-order valence-electron chi connectivity index (χ0n) is 37.3. The van der Waals surface area contributed by atoms with E-state index in [-0.39, 0.29) is 69.2 Å². The van der Waals surface area contributed by atoms with Gasteiger partial charge in [-0.2, -0.15) is 0 Å². The van der Waals surface area contributed by atoms with Gasteiger partial charge in [0.15, 0.2) is 0 Å². The van der Waals surface area contributed by atoms with E-state index >= 15 is 0 Å². The van der Waals surface area contributed by atoms with Crippen LogP contribution in [0, 0.1) is 23.5 Å². The summed E-state index contributed by atoms with van der Waals surface area (Å²) in [6.45, 7) is 3.71. The normalized spacial score (nSPS) is 19.3. The summed E-state index contributed by atoms with van der Waals surface area (Å²) in [5.74, 6) is -1.13. The van der Waals surface area contributed by atoms with Crippen LogP contribution in [0.3, 0.4) is 0 Å². The standard InChI is InChI=1S/C28H31FN4O4S.C21H26FN3O3S/c1-19(20-7-11-22(29)12-8-20)30-27(34)21-9-13-25(14-10-21)33-38(36,37)26-17-15-24(16-18-26)32-28(35)31-23-5-3-2-4-6-23;1-14(15-2-6-17(22)7-3-15)24-21(26)16-4-10-19(11-5-16)25-29(27,28)20-12-8-18(23)9-13-20/h2-8,11-12,15-19,21,25,33H,9-10,13-14H2,1H3,(H,30,34)(H2,31,32,35);2-3,6-9,12-14,16,19,25H,4-5,10-11,23H2,1H3,(H,24,26)/t19-,21?,25?;14-,16?,19?/m11/s1. The number of halogens is 2. The van der Waals surface area contributed by atoms with Gasteiger partial charge in [-0.05, 0) is 161 Å². The monoisotopic (exact) mass is 957 g/mol. The minimum absolute atomic E-state index is 0.0540. The maximum absolute atomic E-state index is 13.1. The van der Waals surface area contributed by atoms with Crippen molar-refractivity contribution >= 4 is 55.0 Å². The Hall–Kier alpha value is -6.21. The fourth-order valence-electron chi connectivity index (χ4n) is 8.03. The van der Waals surface area contributed by atoms with Crippen molar-refractivity contribution in [2.75, 3.05) is 16.4 Å². The average Bonchev–Trinajstić information content (AvgIpc) is 3.30. The van der Waals surface area contributed by atoms with Gasteiger partial charge in [-0.25, -0.2) is 39.9 Å². The summed E-state index contributed by atoms with van der Waals surface area (Å²) in [5.41, 5.74) is 8.87. The fourth-order valence-corrected chi connectivity index (χ4v) is 10.6. The molecule has 7 rings (SSSR count). The molecule has 4 amide bonds. The topological polar surface area (TPSA) is 218 Å². The largest absolute Gasteiger partial charge is 0.399 e. The van der Waals surface area contributed by atoms with Gasteiger partial charge in [0.05, 0.1) is 21.9 Å². The second-order valence-electron chi connectivity index (χ2n) is 16.9. The minimum Gasteiger partial charge on any atom is -0.399 e. The fraction of sp³-hybridized carbons (Fsp3) is 0.327. The van der Waals surface area contributed by atoms with E-state index in [0.717, 1.165) is 11.1 Å². The number of anilines is 3. The molecule has 14 nitrogen and oxygen atoms in total. The van der Waals surface area contributed by atoms with Crippen LogP contribution < -0.4 is 36.4 Å². The first kappa shape index (κ1) is 50.2. The Kier molecular flexibility index (Phi) is 17.2. The lowest BCUT2D eigenvalue weighted by atomic mass is 9.85. The van der Waals surface area contributed by atoms with E-state index in [9.17, 15) is 40.0 Å². The SMILES string of the molecule is C[C@@H](NC(=O)C1CCC(NS(=O)(=O)c2ccc(N)cc2)CC1)c1ccc(F)cc1.C[C@@H](NC(=O)C1CCC(NS(=O)(=O)c2ccc(NC(=O)Nc3ccccc3)cc2)CC1)c1ccc(F)cc1. The molecule has 2 atom stereocenters. The Morgan fingerprint density at radius 3 is 1.25 bits per heavy atom. The molecule has 0 spiro atoms. The lowest BCUT2D eigenvalue weighted by molar-refractivity contribution is -0.127. The molecule has 8 N–H and O–H groups in total. The summed E-state index contributed by atoms with van der Waals surface area (Å²) in [5, 5.41) is 11.3. The molecule has 0 aromatic heterocycles. The molecule has 0 heterocycles. The van der Waals surface area contributed by atoms with Crippen molar-refractivity contribution in [2.45, 2.75) is 99.2 Å². The Morgan fingerprint density at radius 2 is 0.866 bits per heavy atom. The number of nitrogens with two attached hydrogens (primary N) is 1. The van der Waals surface area contributed by atoms with Crippen molar-refractivity contribution in [1.29, 1.82) is 0 Å². The lowest BCUT2D eigenvalue weighted by Crippen LogP contribution is -2.41. The number of benzene rings is 5. The second-order valence-corrected chi connectivity index (χ2v) is 20.4. The molecular formula is C49H57F2N7O7S2. The number of nitrogen functional groups attached to an aromatic ring is 1. The van der Waals surface area contributed by atoms with Gasteiger partial charge >= 0.3 is 6.03 Å². The van der Waals surface area contributed by atoms with Gasteiger partial charge in [-0.3, -0.25) is 9.59 Å². The van der Waals surface area contributed by atoms with Gasteiger partial charge in [0.1, 0.15) is 11.6 Å². The minimum atomic E-state index is -3.76. The van der Waals surface area contributed by atoms with Gasteiger partial charge < -0.3 is 27.0 Å². The highest BCUT2D eigenvalue weighted by Gasteiger charge is 2.31. The van der Waals surface area contributed by atoms with Gasteiger partial charge in [0.2, 0.25) is 31.9 Å². The van der Waals surface area contributed by atoms with E-state index in [1.165, 1.54) is 60.7 Å². The zero-order chi connectivity index (χ0) is 48.1. The maximum Gasteiger partial charge on any atom is 0.323 e. The van der Waals surface area contributed by atoms with Crippen molar-refractivity contribution in [2.24, 2.45) is 11.8 Å². The summed E-state index contributed by atoms with van der Waals surface area (Å²) < 4.78 is 82.4. The molecule has 0 radical (unpaired) electrons. The van der Waals surface area contributed by atoms with E-state index in [0.29, 0.717) is 68.4 Å². The number of rotatable bonds is 14. The molecule has 2 aliphatic rings. The first-order valence-corrected chi connectivity index (χ1v) is 25.2. The third-order valence-corrected chi connectivity index (χ3v) is 15.0. The van der Waals surface area contributed by atoms with Crippen LogP contribution in [-0.2, 0) is 29.6 Å². The summed E-state index contributed by atoms with van der Waals surface area (Å²) in [6.07, 6.45) is 4.62. The molecule has 0 saturated heterocycles. The molecule has 2 fully saturated rings. The quantitative estimate of drug-likeness (QED) is 0.0536. The summed E-state index contributed by atoms with van der Waals surface area (Å²) >= 11 is 0. The number of sulfonamides is 2. The number of nitrogens with one attached hydrogen (secondary N) is 6. The summed E-state index contributed by atoms with van der Waals surface area (Å²) in [6, 6.07) is 31.7. The van der Waals surface area contributed by atoms with E-state index in [2.05, 4.69) is 30.7 Å². The van der Waals surface area contributed by atoms with Gasteiger partial charge in [-0.1, -0.05) is 42.5 Å². The second kappa shape index (κ2) is 23.0. The lowest BCUT2D eigenvalue weighted by Gasteiger charge is -2.29. The summed E-state index contributed by atoms with van der Waals surface area (Å²) in [4.78, 5) is 37.7. The van der Waals surface area contributed by atoms with E-state index < -0.39 is 26.1 Å². The van der Waals surface area contributed by atoms with Crippen LogP contribution >= 0.6 is 0 Å². The third kappa shape index (κ3) is 14.9. The van der Waals surface area contributed by atoms with Crippen molar-refractivity contribution in [3.63, 3.8) is 0 Å². The average molecular weight is 958 g/mol. The highest BCUT2D eigenvalue weighted by atomic mass is 32.2. The number of carbonyl (C=O) groups is 3. The van der Waals surface area contributed by atoms with Crippen molar-refractivity contribution in [3.8, 4) is 0 Å². The van der Waals surface area contributed by atoms with Gasteiger partial charge in [0.25, 0.3) is 0 Å². The van der Waals surface area contributed by atoms with Gasteiger partial charge in [-0.15, -0.1) is 0 Å². The van der Waals surface area contributed by atoms with Crippen molar-refractivity contribution in [3.05, 3.63) is 150 Å². The highest BCUT2D eigenvalue weighted by Crippen LogP contribution is 2.29. The van der Waals surface area contributed by atoms with E-state index in [1.54, 1.807) is 60.7 Å². The molecular weight excluding hydrogens is 901 g/mol. The Balaban J connectivity index is 0.000000229. The smallest absolute Gasteiger partial charge is 0.323 e. The predicted octanol–water partition coefficient (Wildman–Crippen LogP) is 8.31. The van der Waals surface area contributed by atoms with Crippen LogP contribution in [0.2, 0.25) is 0 Å². The molecule has 2 saturated carbocycles. The summed E-state index contributed by atoms with van der Waals surface area (Å²) in [7, 11) is -7.37.